The number of nitrogens with two attached hydrogens (primary N) is 1. The van der Waals surface area contributed by atoms with Gasteiger partial charge in [0.2, 0.25) is 0 Å². The molecule has 0 amide bonds. The Labute approximate surface area is 72.3 Å². The minimum atomic E-state index is -4.36. The van der Waals surface area contributed by atoms with Crippen molar-refractivity contribution in [1.29, 1.82) is 0 Å². The van der Waals surface area contributed by atoms with Gasteiger partial charge in [0.15, 0.2) is 0 Å². The summed E-state index contributed by atoms with van der Waals surface area (Å²) in [6, 6.07) is 0. The number of halogens is 1. The fraction of sp³-hybridized carbons (Fsp3) is 1.00. The molecule has 5 heteroatoms. The molecule has 0 saturated heterocycles. The Kier molecular flexibility index (Phi) is 2.73. The average molecular weight is 195 g/mol. The summed E-state index contributed by atoms with van der Waals surface area (Å²) in [7, 11) is -4.36. The van der Waals surface area contributed by atoms with Gasteiger partial charge in [-0.05, 0) is 24.8 Å². The first kappa shape index (κ1) is 9.92. The molecule has 0 aromatic rings. The lowest BCUT2D eigenvalue weighted by molar-refractivity contribution is 0.346. The van der Waals surface area contributed by atoms with Crippen molar-refractivity contribution in [1.82, 2.24) is 0 Å². The Morgan fingerprint density at radius 1 is 1.33 bits per heavy atom. The lowest BCUT2D eigenvalue weighted by atomic mass is 9.89. The van der Waals surface area contributed by atoms with E-state index in [0.29, 0.717) is 0 Å². The summed E-state index contributed by atoms with van der Waals surface area (Å²) in [5, 5.41) is 0. The van der Waals surface area contributed by atoms with Crippen molar-refractivity contribution in [2.75, 3.05) is 12.3 Å². The second-order valence-corrected chi connectivity index (χ2v) is 4.96. The zero-order chi connectivity index (χ0) is 9.24. The van der Waals surface area contributed by atoms with Crippen LogP contribution in [0.2, 0.25) is 0 Å². The SMILES string of the molecule is NCC1(CS(=O)(=O)F)CCCC1. The Bertz CT molecular complexity index is 244. The highest BCUT2D eigenvalue weighted by Gasteiger charge is 2.36. The van der Waals surface area contributed by atoms with Crippen molar-refractivity contribution in [3.05, 3.63) is 0 Å². The summed E-state index contributed by atoms with van der Waals surface area (Å²) in [5.74, 6) is -0.392. The van der Waals surface area contributed by atoms with Gasteiger partial charge >= 0.3 is 10.2 Å². The summed E-state index contributed by atoms with van der Waals surface area (Å²) in [6.45, 7) is 0.274. The molecular weight excluding hydrogens is 181 g/mol. The summed E-state index contributed by atoms with van der Waals surface area (Å²) in [6.07, 6.45) is 3.42. The first-order chi connectivity index (χ1) is 5.47. The maximum Gasteiger partial charge on any atom is 0.303 e. The molecule has 0 radical (unpaired) electrons. The van der Waals surface area contributed by atoms with Crippen LogP contribution >= 0.6 is 0 Å². The van der Waals surface area contributed by atoms with Crippen LogP contribution in [0, 0.1) is 5.41 Å². The first-order valence-electron chi connectivity index (χ1n) is 4.10. The highest BCUT2D eigenvalue weighted by atomic mass is 32.3. The van der Waals surface area contributed by atoms with Crippen LogP contribution in [0.5, 0.6) is 0 Å². The van der Waals surface area contributed by atoms with Gasteiger partial charge in [-0.25, -0.2) is 0 Å². The fourth-order valence-corrected chi connectivity index (χ4v) is 3.04. The second kappa shape index (κ2) is 3.30. The fourth-order valence-electron chi connectivity index (χ4n) is 1.90. The third-order valence-corrected chi connectivity index (χ3v) is 3.53. The molecule has 2 N–H and O–H groups in total. The molecule has 1 aliphatic rings. The predicted octanol–water partition coefficient (Wildman–Crippen LogP) is 0.805. The van der Waals surface area contributed by atoms with Crippen LogP contribution < -0.4 is 5.73 Å². The Morgan fingerprint density at radius 2 is 1.83 bits per heavy atom. The third kappa shape index (κ3) is 2.42. The van der Waals surface area contributed by atoms with Crippen molar-refractivity contribution >= 4 is 10.2 Å². The topological polar surface area (TPSA) is 60.2 Å². The van der Waals surface area contributed by atoms with E-state index >= 15 is 0 Å². The average Bonchev–Trinajstić information content (AvgIpc) is 2.34. The van der Waals surface area contributed by atoms with Gasteiger partial charge < -0.3 is 5.73 Å². The van der Waals surface area contributed by atoms with Crippen molar-refractivity contribution < 1.29 is 12.3 Å². The lowest BCUT2D eigenvalue weighted by Gasteiger charge is -2.24. The number of rotatable bonds is 3. The quantitative estimate of drug-likeness (QED) is 0.678. The van der Waals surface area contributed by atoms with E-state index < -0.39 is 21.4 Å². The standard InChI is InChI=1S/C7H14FNO2S/c8-12(10,11)6-7(5-9)3-1-2-4-7/h1-6,9H2. The minimum Gasteiger partial charge on any atom is -0.330 e. The predicted molar refractivity (Wildman–Crippen MR) is 44.9 cm³/mol. The van der Waals surface area contributed by atoms with Gasteiger partial charge in [0.25, 0.3) is 0 Å². The molecule has 0 atom stereocenters. The highest BCUT2D eigenvalue weighted by molar-refractivity contribution is 7.86. The van der Waals surface area contributed by atoms with Gasteiger partial charge in [0.1, 0.15) is 0 Å². The van der Waals surface area contributed by atoms with Gasteiger partial charge in [0, 0.05) is 0 Å². The molecule has 0 aromatic heterocycles. The van der Waals surface area contributed by atoms with E-state index in [-0.39, 0.29) is 6.54 Å². The molecule has 0 aromatic carbocycles. The molecule has 0 spiro atoms. The minimum absolute atomic E-state index is 0.274. The first-order valence-corrected chi connectivity index (χ1v) is 5.65. The van der Waals surface area contributed by atoms with E-state index in [1.54, 1.807) is 0 Å². The molecule has 0 heterocycles. The smallest absolute Gasteiger partial charge is 0.303 e. The lowest BCUT2D eigenvalue weighted by Crippen LogP contribution is -2.33. The zero-order valence-corrected chi connectivity index (χ0v) is 7.74. The van der Waals surface area contributed by atoms with E-state index in [0.717, 1.165) is 25.7 Å². The van der Waals surface area contributed by atoms with E-state index in [2.05, 4.69) is 0 Å². The molecule has 0 unspecified atom stereocenters. The molecule has 1 rings (SSSR count). The molecular formula is C7H14FNO2S. The van der Waals surface area contributed by atoms with Crippen molar-refractivity contribution in [3.8, 4) is 0 Å². The van der Waals surface area contributed by atoms with Crippen LogP contribution in [0.15, 0.2) is 0 Å². The number of hydrogen-bond acceptors (Lipinski definition) is 3. The molecule has 12 heavy (non-hydrogen) atoms. The molecule has 72 valence electrons. The van der Waals surface area contributed by atoms with Gasteiger partial charge in [-0.2, -0.15) is 8.42 Å². The maximum absolute atomic E-state index is 12.4. The highest BCUT2D eigenvalue weighted by Crippen LogP contribution is 2.38. The molecule has 1 fully saturated rings. The van der Waals surface area contributed by atoms with Gasteiger partial charge in [-0.1, -0.05) is 12.8 Å². The van der Waals surface area contributed by atoms with E-state index in [1.165, 1.54) is 0 Å². The summed E-state index contributed by atoms with van der Waals surface area (Å²) < 4.78 is 33.2. The Morgan fingerprint density at radius 3 is 2.17 bits per heavy atom. The van der Waals surface area contributed by atoms with E-state index in [4.69, 9.17) is 5.73 Å². The van der Waals surface area contributed by atoms with Crippen LogP contribution in [0.4, 0.5) is 3.89 Å². The Balaban J connectivity index is 2.68. The summed E-state index contributed by atoms with van der Waals surface area (Å²) in [5.41, 5.74) is 4.98. The van der Waals surface area contributed by atoms with Gasteiger partial charge in [-0.3, -0.25) is 0 Å². The van der Waals surface area contributed by atoms with E-state index in [9.17, 15) is 12.3 Å². The van der Waals surface area contributed by atoms with Crippen LogP contribution in [0.25, 0.3) is 0 Å². The normalized spacial score (nSPS) is 22.8. The second-order valence-electron chi connectivity index (χ2n) is 3.59. The van der Waals surface area contributed by atoms with Crippen LogP contribution in [-0.2, 0) is 10.2 Å². The molecule has 3 nitrogen and oxygen atoms in total. The van der Waals surface area contributed by atoms with Crippen LogP contribution in [0.3, 0.4) is 0 Å². The maximum atomic E-state index is 12.4. The van der Waals surface area contributed by atoms with Gasteiger partial charge in [0.05, 0.1) is 5.75 Å². The zero-order valence-electron chi connectivity index (χ0n) is 6.92. The van der Waals surface area contributed by atoms with Crippen molar-refractivity contribution in [2.45, 2.75) is 25.7 Å². The molecule has 1 saturated carbocycles. The van der Waals surface area contributed by atoms with Crippen molar-refractivity contribution in [2.24, 2.45) is 11.1 Å². The monoisotopic (exact) mass is 195 g/mol. The molecule has 0 aliphatic heterocycles. The molecule has 1 aliphatic carbocycles. The van der Waals surface area contributed by atoms with Crippen molar-refractivity contribution in [3.63, 3.8) is 0 Å². The van der Waals surface area contributed by atoms with Gasteiger partial charge in [-0.15, -0.1) is 3.89 Å². The van der Waals surface area contributed by atoms with Crippen LogP contribution in [0.1, 0.15) is 25.7 Å². The summed E-state index contributed by atoms with van der Waals surface area (Å²) in [4.78, 5) is 0. The largest absolute Gasteiger partial charge is 0.330 e. The van der Waals surface area contributed by atoms with Crippen LogP contribution in [-0.4, -0.2) is 20.7 Å². The molecule has 0 bridgehead atoms. The van der Waals surface area contributed by atoms with E-state index in [1.807, 2.05) is 0 Å². The summed E-state index contributed by atoms with van der Waals surface area (Å²) >= 11 is 0. The Hall–Kier alpha value is -0.160. The third-order valence-electron chi connectivity index (χ3n) is 2.58. The number of hydrogen-bond donors (Lipinski definition) is 1.